The molecule has 2 aliphatic carbocycles. The highest BCUT2D eigenvalue weighted by atomic mass is 16.6. The molecule has 3 aliphatic rings. The molecular weight excluding hydrogens is 484 g/mol. The van der Waals surface area contributed by atoms with Gasteiger partial charge in [-0.1, -0.05) is 39.8 Å². The fourth-order valence-electron chi connectivity index (χ4n) is 5.84. The molecule has 0 radical (unpaired) electrons. The van der Waals surface area contributed by atoms with Gasteiger partial charge >= 0.3 is 5.97 Å². The number of dihydropyridines is 1. The molecule has 0 spiro atoms. The van der Waals surface area contributed by atoms with Gasteiger partial charge in [0.05, 0.1) is 10.5 Å². The van der Waals surface area contributed by atoms with Gasteiger partial charge in [-0.15, -0.1) is 0 Å². The highest BCUT2D eigenvalue weighted by Gasteiger charge is 2.46. The number of carbonyl (C=O) groups is 3. The Balaban J connectivity index is 1.47. The summed E-state index contributed by atoms with van der Waals surface area (Å²) in [5.74, 6) is -0.716. The summed E-state index contributed by atoms with van der Waals surface area (Å²) in [5.41, 5.74) is 3.64. The van der Waals surface area contributed by atoms with Crippen LogP contribution < -0.4 is 10.1 Å². The second kappa shape index (κ2) is 9.04. The zero-order chi connectivity index (χ0) is 27.4. The third-order valence-electron chi connectivity index (χ3n) is 7.46. The molecule has 8 heteroatoms. The predicted octanol–water partition coefficient (Wildman–Crippen LogP) is 5.79. The highest BCUT2D eigenvalue weighted by Crippen LogP contribution is 2.51. The fourth-order valence-corrected chi connectivity index (χ4v) is 5.84. The number of allylic oxidation sites excluding steroid dienone is 4. The molecule has 2 aromatic rings. The van der Waals surface area contributed by atoms with Gasteiger partial charge in [-0.05, 0) is 53.5 Å². The lowest BCUT2D eigenvalue weighted by Gasteiger charge is -2.44. The number of benzene rings is 2. The minimum absolute atomic E-state index is 0.0478. The van der Waals surface area contributed by atoms with Crippen molar-refractivity contribution in [3.05, 3.63) is 92.3 Å². The summed E-state index contributed by atoms with van der Waals surface area (Å²) in [6, 6.07) is 12.1. The van der Waals surface area contributed by atoms with Crippen LogP contribution in [-0.2, 0) is 9.59 Å². The normalized spacial score (nSPS) is 20.4. The van der Waals surface area contributed by atoms with Crippen molar-refractivity contribution in [3.63, 3.8) is 0 Å². The first-order valence-electron chi connectivity index (χ1n) is 12.7. The van der Waals surface area contributed by atoms with Crippen LogP contribution in [0.15, 0.2) is 71.1 Å². The van der Waals surface area contributed by atoms with Crippen LogP contribution in [0.5, 0.6) is 5.75 Å². The van der Waals surface area contributed by atoms with Gasteiger partial charge in [-0.3, -0.25) is 19.7 Å². The Morgan fingerprint density at radius 1 is 0.842 bits per heavy atom. The largest absolute Gasteiger partial charge is 0.423 e. The van der Waals surface area contributed by atoms with Crippen molar-refractivity contribution in [2.45, 2.75) is 59.3 Å². The van der Waals surface area contributed by atoms with Crippen molar-refractivity contribution in [1.29, 1.82) is 0 Å². The number of Topliss-reactive ketones (excluding diaryl/α,β-unsaturated/α-hetero) is 2. The summed E-state index contributed by atoms with van der Waals surface area (Å²) in [5, 5.41) is 14.4. The monoisotopic (exact) mass is 514 g/mol. The minimum Gasteiger partial charge on any atom is -0.423 e. The number of nitro benzene ring substituents is 1. The van der Waals surface area contributed by atoms with Gasteiger partial charge in [0.2, 0.25) is 0 Å². The maximum atomic E-state index is 13.4. The van der Waals surface area contributed by atoms with E-state index in [1.807, 2.05) is 0 Å². The van der Waals surface area contributed by atoms with E-state index in [0.29, 0.717) is 29.7 Å². The van der Waals surface area contributed by atoms with Gasteiger partial charge in [-0.25, -0.2) is 4.79 Å². The molecule has 1 aliphatic heterocycles. The van der Waals surface area contributed by atoms with Gasteiger partial charge in [0.1, 0.15) is 5.75 Å². The molecule has 0 unspecified atom stereocenters. The van der Waals surface area contributed by atoms with E-state index in [0.717, 1.165) is 29.8 Å². The number of nitrogens with one attached hydrogen (secondary N) is 1. The third kappa shape index (κ3) is 4.78. The molecule has 0 amide bonds. The first-order chi connectivity index (χ1) is 17.8. The van der Waals surface area contributed by atoms with E-state index in [2.05, 4.69) is 33.0 Å². The van der Waals surface area contributed by atoms with Crippen LogP contribution in [0.4, 0.5) is 5.69 Å². The molecule has 8 nitrogen and oxygen atoms in total. The van der Waals surface area contributed by atoms with E-state index in [1.54, 1.807) is 24.3 Å². The summed E-state index contributed by atoms with van der Waals surface area (Å²) in [7, 11) is 0. The predicted molar refractivity (Wildman–Crippen MR) is 140 cm³/mol. The summed E-state index contributed by atoms with van der Waals surface area (Å²) in [4.78, 5) is 49.7. The lowest BCUT2D eigenvalue weighted by Crippen LogP contribution is -2.42. The fraction of sp³-hybridized carbons (Fsp3) is 0.367. The number of nitrogens with zero attached hydrogens (tertiary/aromatic N) is 1. The first-order valence-corrected chi connectivity index (χ1v) is 12.7. The highest BCUT2D eigenvalue weighted by molar-refractivity contribution is 6.06. The van der Waals surface area contributed by atoms with Crippen LogP contribution in [0, 0.1) is 20.9 Å². The molecule has 0 saturated carbocycles. The summed E-state index contributed by atoms with van der Waals surface area (Å²) < 4.78 is 5.47. The third-order valence-corrected chi connectivity index (χ3v) is 7.46. The smallest absolute Gasteiger partial charge is 0.343 e. The van der Waals surface area contributed by atoms with E-state index in [9.17, 15) is 24.5 Å². The van der Waals surface area contributed by atoms with Gasteiger partial charge in [0.15, 0.2) is 11.6 Å². The molecule has 1 N–H and O–H groups in total. The Bertz CT molecular complexity index is 1380. The second-order valence-corrected chi connectivity index (χ2v) is 12.0. The van der Waals surface area contributed by atoms with Gasteiger partial charge in [0, 0.05) is 53.4 Å². The number of hydrogen-bond acceptors (Lipinski definition) is 7. The number of nitro groups is 1. The summed E-state index contributed by atoms with van der Waals surface area (Å²) in [6.45, 7) is 8.33. The maximum Gasteiger partial charge on any atom is 0.343 e. The maximum absolute atomic E-state index is 13.4. The average molecular weight is 515 g/mol. The lowest BCUT2D eigenvalue weighted by atomic mass is 9.64. The van der Waals surface area contributed by atoms with E-state index >= 15 is 0 Å². The zero-order valence-electron chi connectivity index (χ0n) is 21.9. The van der Waals surface area contributed by atoms with Crippen molar-refractivity contribution < 1.29 is 24.0 Å². The lowest BCUT2D eigenvalue weighted by molar-refractivity contribution is -0.384. The Hall–Kier alpha value is -4.07. The molecule has 0 aromatic heterocycles. The molecule has 0 saturated heterocycles. The topological polar surface area (TPSA) is 116 Å². The van der Waals surface area contributed by atoms with E-state index in [1.165, 1.54) is 24.3 Å². The van der Waals surface area contributed by atoms with Crippen LogP contribution in [0.3, 0.4) is 0 Å². The van der Waals surface area contributed by atoms with E-state index < -0.39 is 16.8 Å². The SMILES string of the molecule is CC1(C)CC(=O)C2=C(C1)NC1=C(C(=O)CC(C)(C)C1)C2c1ccc(OC(=O)c2ccc([N+](=O)[O-])cc2)cc1. The van der Waals surface area contributed by atoms with E-state index in [-0.39, 0.29) is 33.6 Å². The molecule has 2 aromatic carbocycles. The minimum atomic E-state index is -0.640. The van der Waals surface area contributed by atoms with E-state index in [4.69, 9.17) is 4.74 Å². The van der Waals surface area contributed by atoms with Crippen LogP contribution in [-0.4, -0.2) is 22.5 Å². The first kappa shape index (κ1) is 25.6. The van der Waals surface area contributed by atoms with Crippen molar-refractivity contribution in [3.8, 4) is 5.75 Å². The Kier molecular flexibility index (Phi) is 6.09. The van der Waals surface area contributed by atoms with Gasteiger partial charge in [-0.2, -0.15) is 0 Å². The number of carbonyl (C=O) groups excluding carboxylic acids is 3. The Labute approximate surface area is 220 Å². The molecule has 0 bridgehead atoms. The quantitative estimate of drug-likeness (QED) is 0.238. The number of non-ortho nitro benzene ring substituents is 1. The molecule has 196 valence electrons. The van der Waals surface area contributed by atoms with Crippen molar-refractivity contribution >= 4 is 23.2 Å². The second-order valence-electron chi connectivity index (χ2n) is 12.0. The average Bonchev–Trinajstić information content (AvgIpc) is 2.81. The van der Waals surface area contributed by atoms with Crippen molar-refractivity contribution in [1.82, 2.24) is 5.32 Å². The van der Waals surface area contributed by atoms with Gasteiger partial charge in [0.25, 0.3) is 5.69 Å². The zero-order valence-corrected chi connectivity index (χ0v) is 21.9. The van der Waals surface area contributed by atoms with Gasteiger partial charge < -0.3 is 10.1 Å². The number of ether oxygens (including phenoxy) is 1. The van der Waals surface area contributed by atoms with Crippen molar-refractivity contribution in [2.75, 3.05) is 0 Å². The van der Waals surface area contributed by atoms with Crippen molar-refractivity contribution in [2.24, 2.45) is 10.8 Å². The number of ketones is 2. The van der Waals surface area contributed by atoms with Crippen LogP contribution >= 0.6 is 0 Å². The van der Waals surface area contributed by atoms with Crippen LogP contribution in [0.25, 0.3) is 0 Å². The molecule has 0 fully saturated rings. The summed E-state index contributed by atoms with van der Waals surface area (Å²) in [6.07, 6.45) is 2.27. The Morgan fingerprint density at radius 2 is 1.34 bits per heavy atom. The van der Waals surface area contributed by atoms with Crippen LogP contribution in [0.1, 0.15) is 75.2 Å². The molecule has 1 heterocycles. The van der Waals surface area contributed by atoms with Crippen LogP contribution in [0.2, 0.25) is 0 Å². The molecule has 5 rings (SSSR count). The Morgan fingerprint density at radius 3 is 1.82 bits per heavy atom. The standard InChI is InChI=1S/C30H30N2O6/c1-29(2)13-21-26(23(33)15-29)25(27-22(31-21)14-30(3,4)16-24(27)34)17-7-11-20(12-8-17)38-28(35)18-5-9-19(10-6-18)32(36)37/h5-12,25,31H,13-16H2,1-4H3. The molecular formula is C30H30N2O6. The molecule has 0 atom stereocenters. The number of esters is 1. The summed E-state index contributed by atoms with van der Waals surface area (Å²) >= 11 is 0. The molecule has 38 heavy (non-hydrogen) atoms. The number of hydrogen-bond donors (Lipinski definition) is 1. The number of rotatable bonds is 4.